The van der Waals surface area contributed by atoms with Crippen molar-refractivity contribution in [2.24, 2.45) is 11.7 Å². The van der Waals surface area contributed by atoms with E-state index in [-0.39, 0.29) is 6.04 Å². The van der Waals surface area contributed by atoms with Crippen LogP contribution in [-0.2, 0) is 4.74 Å². The van der Waals surface area contributed by atoms with Crippen LogP contribution in [0.1, 0.15) is 30.9 Å². The summed E-state index contributed by atoms with van der Waals surface area (Å²) in [6.45, 7) is 1.76. The fourth-order valence-corrected chi connectivity index (χ4v) is 2.71. The Labute approximate surface area is 107 Å². The molecule has 0 radical (unpaired) electrons. The number of aromatic nitrogens is 2. The van der Waals surface area contributed by atoms with E-state index in [1.807, 2.05) is 29.0 Å². The van der Waals surface area contributed by atoms with Crippen molar-refractivity contribution >= 4 is 5.52 Å². The van der Waals surface area contributed by atoms with E-state index in [1.54, 1.807) is 0 Å². The maximum absolute atomic E-state index is 6.34. The van der Waals surface area contributed by atoms with Crippen molar-refractivity contribution in [3.05, 3.63) is 36.2 Å². The summed E-state index contributed by atoms with van der Waals surface area (Å²) in [4.78, 5) is 0. The average Bonchev–Trinajstić information content (AvgIpc) is 2.84. The Bertz CT molecular complexity index is 516. The van der Waals surface area contributed by atoms with Gasteiger partial charge in [0.05, 0.1) is 11.7 Å². The Morgan fingerprint density at radius 1 is 1.39 bits per heavy atom. The summed E-state index contributed by atoms with van der Waals surface area (Å²) in [5, 5.41) is 4.34. The molecule has 0 aliphatic carbocycles. The van der Waals surface area contributed by atoms with Gasteiger partial charge in [0.25, 0.3) is 0 Å². The number of ether oxygens (including phenoxy) is 1. The molecule has 1 fully saturated rings. The first kappa shape index (κ1) is 11.7. The predicted molar refractivity (Wildman–Crippen MR) is 70.3 cm³/mol. The Balaban J connectivity index is 1.76. The van der Waals surface area contributed by atoms with Gasteiger partial charge in [-0.25, -0.2) is 4.52 Å². The molecule has 96 valence electrons. The molecule has 1 atom stereocenters. The first-order valence-electron chi connectivity index (χ1n) is 6.60. The van der Waals surface area contributed by atoms with Gasteiger partial charge >= 0.3 is 0 Å². The Morgan fingerprint density at radius 3 is 3.06 bits per heavy atom. The van der Waals surface area contributed by atoms with Crippen LogP contribution in [0.3, 0.4) is 0 Å². The van der Waals surface area contributed by atoms with Crippen LogP contribution in [0.25, 0.3) is 5.52 Å². The highest BCUT2D eigenvalue weighted by molar-refractivity contribution is 5.54. The summed E-state index contributed by atoms with van der Waals surface area (Å²) in [6.07, 6.45) is 7.15. The number of hydrogen-bond donors (Lipinski definition) is 1. The van der Waals surface area contributed by atoms with Gasteiger partial charge in [0.15, 0.2) is 0 Å². The van der Waals surface area contributed by atoms with Crippen molar-refractivity contribution in [2.45, 2.75) is 25.3 Å². The molecule has 18 heavy (non-hydrogen) atoms. The van der Waals surface area contributed by atoms with Gasteiger partial charge in [-0.3, -0.25) is 0 Å². The van der Waals surface area contributed by atoms with Crippen molar-refractivity contribution < 1.29 is 4.74 Å². The van der Waals surface area contributed by atoms with Gasteiger partial charge < -0.3 is 10.5 Å². The minimum absolute atomic E-state index is 0.0769. The van der Waals surface area contributed by atoms with E-state index in [4.69, 9.17) is 10.5 Å². The molecule has 2 N–H and O–H groups in total. The molecule has 1 aliphatic heterocycles. The molecule has 2 aromatic rings. The molecular formula is C14H19N3O. The molecule has 1 saturated heterocycles. The number of hydrogen-bond acceptors (Lipinski definition) is 3. The van der Waals surface area contributed by atoms with Gasteiger partial charge in [-0.2, -0.15) is 5.10 Å². The largest absolute Gasteiger partial charge is 0.381 e. The van der Waals surface area contributed by atoms with Gasteiger partial charge in [0, 0.05) is 31.0 Å². The van der Waals surface area contributed by atoms with E-state index in [0.717, 1.165) is 43.6 Å². The summed E-state index contributed by atoms with van der Waals surface area (Å²) in [7, 11) is 0. The van der Waals surface area contributed by atoms with Gasteiger partial charge in [0.1, 0.15) is 0 Å². The van der Waals surface area contributed by atoms with Crippen LogP contribution in [0.15, 0.2) is 30.6 Å². The lowest BCUT2D eigenvalue weighted by Crippen LogP contribution is -2.21. The summed E-state index contributed by atoms with van der Waals surface area (Å²) in [5.41, 5.74) is 8.62. The first-order chi connectivity index (χ1) is 8.84. The smallest absolute Gasteiger partial charge is 0.0709 e. The molecule has 0 spiro atoms. The summed E-state index contributed by atoms with van der Waals surface area (Å²) in [5.74, 6) is 0.687. The van der Waals surface area contributed by atoms with Crippen LogP contribution in [-0.4, -0.2) is 22.8 Å². The second kappa shape index (κ2) is 5.08. The highest BCUT2D eigenvalue weighted by Crippen LogP contribution is 2.27. The maximum atomic E-state index is 6.34. The third-order valence-electron chi connectivity index (χ3n) is 3.78. The van der Waals surface area contributed by atoms with Crippen LogP contribution in [0.5, 0.6) is 0 Å². The molecule has 1 aliphatic rings. The van der Waals surface area contributed by atoms with E-state index >= 15 is 0 Å². The van der Waals surface area contributed by atoms with Gasteiger partial charge in [-0.1, -0.05) is 6.07 Å². The fraction of sp³-hybridized carbons (Fsp3) is 0.500. The zero-order valence-electron chi connectivity index (χ0n) is 10.5. The molecule has 2 aromatic heterocycles. The molecule has 4 nitrogen and oxygen atoms in total. The van der Waals surface area contributed by atoms with Crippen LogP contribution in [0.4, 0.5) is 0 Å². The van der Waals surface area contributed by atoms with Crippen molar-refractivity contribution in [2.75, 3.05) is 13.2 Å². The summed E-state index contributed by atoms with van der Waals surface area (Å²) >= 11 is 0. The highest BCUT2D eigenvalue weighted by atomic mass is 16.5. The first-order valence-corrected chi connectivity index (χ1v) is 6.60. The standard InChI is InChI=1S/C14H19N3O/c15-13(9-11-4-7-18-8-5-11)12-10-16-17-6-2-1-3-14(12)17/h1-3,6,10-11,13H,4-5,7-9,15H2. The Morgan fingerprint density at radius 2 is 2.22 bits per heavy atom. The molecule has 0 amide bonds. The van der Waals surface area contributed by atoms with Crippen molar-refractivity contribution in [3.8, 4) is 0 Å². The second-order valence-corrected chi connectivity index (χ2v) is 5.03. The molecule has 0 saturated carbocycles. The minimum Gasteiger partial charge on any atom is -0.381 e. The summed E-state index contributed by atoms with van der Waals surface area (Å²) in [6, 6.07) is 6.16. The van der Waals surface area contributed by atoms with Crippen molar-refractivity contribution in [1.82, 2.24) is 9.61 Å². The van der Waals surface area contributed by atoms with Crippen LogP contribution >= 0.6 is 0 Å². The Hall–Kier alpha value is -1.39. The lowest BCUT2D eigenvalue weighted by Gasteiger charge is -2.24. The fourth-order valence-electron chi connectivity index (χ4n) is 2.71. The van der Waals surface area contributed by atoms with Gasteiger partial charge in [-0.15, -0.1) is 0 Å². The Kier molecular flexibility index (Phi) is 3.30. The molecule has 3 heterocycles. The van der Waals surface area contributed by atoms with E-state index in [1.165, 1.54) is 0 Å². The number of nitrogens with two attached hydrogens (primary N) is 1. The van der Waals surface area contributed by atoms with Crippen molar-refractivity contribution in [1.29, 1.82) is 0 Å². The van der Waals surface area contributed by atoms with E-state index in [9.17, 15) is 0 Å². The molecule has 1 unspecified atom stereocenters. The SMILES string of the molecule is NC(CC1CCOCC1)c1cnn2ccccc12. The lowest BCUT2D eigenvalue weighted by molar-refractivity contribution is 0.0619. The zero-order valence-corrected chi connectivity index (χ0v) is 10.5. The zero-order chi connectivity index (χ0) is 12.4. The topological polar surface area (TPSA) is 52.5 Å². The maximum Gasteiger partial charge on any atom is 0.0709 e. The number of pyridine rings is 1. The lowest BCUT2D eigenvalue weighted by atomic mass is 9.90. The number of fused-ring (bicyclic) bond motifs is 1. The quantitative estimate of drug-likeness (QED) is 0.901. The number of nitrogens with zero attached hydrogens (tertiary/aromatic N) is 2. The molecule has 4 heteroatoms. The monoisotopic (exact) mass is 245 g/mol. The predicted octanol–water partition coefficient (Wildman–Crippen LogP) is 2.15. The van der Waals surface area contributed by atoms with Gasteiger partial charge in [-0.05, 0) is 37.3 Å². The second-order valence-electron chi connectivity index (χ2n) is 5.03. The van der Waals surface area contributed by atoms with E-state index in [0.29, 0.717) is 5.92 Å². The van der Waals surface area contributed by atoms with Crippen LogP contribution < -0.4 is 5.73 Å². The van der Waals surface area contributed by atoms with E-state index in [2.05, 4.69) is 11.2 Å². The van der Waals surface area contributed by atoms with E-state index < -0.39 is 0 Å². The molecule has 3 rings (SSSR count). The summed E-state index contributed by atoms with van der Waals surface area (Å²) < 4.78 is 7.27. The average molecular weight is 245 g/mol. The molecule has 0 aromatic carbocycles. The van der Waals surface area contributed by atoms with Crippen LogP contribution in [0, 0.1) is 5.92 Å². The van der Waals surface area contributed by atoms with Crippen molar-refractivity contribution in [3.63, 3.8) is 0 Å². The van der Waals surface area contributed by atoms with Gasteiger partial charge in [0.2, 0.25) is 0 Å². The highest BCUT2D eigenvalue weighted by Gasteiger charge is 2.20. The molecule has 0 bridgehead atoms. The third kappa shape index (κ3) is 2.26. The normalized spacial score (nSPS) is 19.2. The minimum atomic E-state index is 0.0769. The third-order valence-corrected chi connectivity index (χ3v) is 3.78. The van der Waals surface area contributed by atoms with Crippen LogP contribution in [0.2, 0.25) is 0 Å². The molecular weight excluding hydrogens is 226 g/mol. The number of rotatable bonds is 3.